The summed E-state index contributed by atoms with van der Waals surface area (Å²) < 4.78 is 42.6. The average Bonchev–Trinajstić information content (AvgIpc) is 2.83. The fourth-order valence-electron chi connectivity index (χ4n) is 5.64. The predicted molar refractivity (Wildman–Crippen MR) is 135 cm³/mol. The number of hydrogen-bond donors (Lipinski definition) is 1. The first kappa shape index (κ1) is 24.1. The van der Waals surface area contributed by atoms with E-state index in [0.717, 1.165) is 29.7 Å². The molecule has 0 spiro atoms. The van der Waals surface area contributed by atoms with Gasteiger partial charge in [-0.15, -0.1) is 0 Å². The van der Waals surface area contributed by atoms with E-state index in [1.807, 2.05) is 6.07 Å². The lowest BCUT2D eigenvalue weighted by atomic mass is 9.74. The Balaban J connectivity index is 1.43. The van der Waals surface area contributed by atoms with Crippen molar-refractivity contribution in [2.24, 2.45) is 0 Å². The highest BCUT2D eigenvalue weighted by molar-refractivity contribution is 7.89. The minimum absolute atomic E-state index is 0.00276. The molecule has 5 rings (SSSR count). The van der Waals surface area contributed by atoms with Crippen molar-refractivity contribution in [2.75, 3.05) is 26.2 Å². The van der Waals surface area contributed by atoms with Crippen LogP contribution in [0.25, 0.3) is 11.1 Å². The lowest BCUT2D eigenvalue weighted by Gasteiger charge is -2.57. The molecule has 35 heavy (non-hydrogen) atoms. The maximum absolute atomic E-state index is 14.4. The summed E-state index contributed by atoms with van der Waals surface area (Å²) in [5.41, 5.74) is 4.56. The van der Waals surface area contributed by atoms with Crippen LogP contribution in [0.3, 0.4) is 0 Å². The van der Waals surface area contributed by atoms with Crippen molar-refractivity contribution in [1.82, 2.24) is 9.21 Å². The Morgan fingerprint density at radius 3 is 2.40 bits per heavy atom. The molecule has 1 N–H and O–H groups in total. The van der Waals surface area contributed by atoms with Gasteiger partial charge < -0.3 is 5.11 Å². The second-order valence-corrected chi connectivity index (χ2v) is 11.5. The number of fused-ring (bicyclic) bond motifs is 1. The molecule has 0 aliphatic carbocycles. The van der Waals surface area contributed by atoms with E-state index in [0.29, 0.717) is 13.0 Å². The molecular formula is C28H31FN2O3S. The molecule has 2 heterocycles. The van der Waals surface area contributed by atoms with Crippen LogP contribution in [0.4, 0.5) is 4.39 Å². The molecule has 2 fully saturated rings. The highest BCUT2D eigenvalue weighted by Crippen LogP contribution is 2.43. The molecule has 3 aromatic rings. The molecule has 2 saturated heterocycles. The van der Waals surface area contributed by atoms with Crippen molar-refractivity contribution >= 4 is 10.0 Å². The third kappa shape index (κ3) is 4.54. The van der Waals surface area contributed by atoms with E-state index in [1.165, 1.54) is 28.1 Å². The number of nitrogens with zero attached hydrogens (tertiary/aromatic N) is 2. The van der Waals surface area contributed by atoms with Gasteiger partial charge in [0.1, 0.15) is 10.7 Å². The first-order chi connectivity index (χ1) is 16.9. The summed E-state index contributed by atoms with van der Waals surface area (Å²) in [4.78, 5) is 1.95. The molecule has 0 amide bonds. The van der Waals surface area contributed by atoms with Gasteiger partial charge in [-0.3, -0.25) is 4.90 Å². The summed E-state index contributed by atoms with van der Waals surface area (Å²) in [5.74, 6) is -0.723. The first-order valence-corrected chi connectivity index (χ1v) is 13.6. The van der Waals surface area contributed by atoms with Gasteiger partial charge in [0.15, 0.2) is 0 Å². The number of benzene rings is 3. The molecule has 5 nitrogen and oxygen atoms in total. The fourth-order valence-corrected chi connectivity index (χ4v) is 7.20. The molecule has 3 aromatic carbocycles. The second kappa shape index (κ2) is 9.82. The maximum Gasteiger partial charge on any atom is 0.246 e. The summed E-state index contributed by atoms with van der Waals surface area (Å²) in [6, 6.07) is 22.2. The fraction of sp³-hybridized carbons (Fsp3) is 0.357. The van der Waals surface area contributed by atoms with Crippen molar-refractivity contribution in [2.45, 2.75) is 42.7 Å². The lowest BCUT2D eigenvalue weighted by Crippen LogP contribution is -2.67. The Morgan fingerprint density at radius 1 is 0.943 bits per heavy atom. The van der Waals surface area contributed by atoms with Crippen LogP contribution in [-0.4, -0.2) is 61.1 Å². The topological polar surface area (TPSA) is 60.9 Å². The predicted octanol–water partition coefficient (Wildman–Crippen LogP) is 4.41. The van der Waals surface area contributed by atoms with E-state index < -0.39 is 15.8 Å². The zero-order valence-corrected chi connectivity index (χ0v) is 20.7. The zero-order chi connectivity index (χ0) is 24.6. The number of halogens is 1. The molecule has 3 atom stereocenters. The molecule has 0 aromatic heterocycles. The van der Waals surface area contributed by atoms with Crippen LogP contribution in [0.1, 0.15) is 29.9 Å². The van der Waals surface area contributed by atoms with E-state index in [1.54, 1.807) is 6.07 Å². The quantitative estimate of drug-likeness (QED) is 0.571. The number of hydrogen-bond acceptors (Lipinski definition) is 4. The minimum atomic E-state index is -3.96. The van der Waals surface area contributed by atoms with Crippen molar-refractivity contribution < 1.29 is 17.9 Å². The van der Waals surface area contributed by atoms with Crippen LogP contribution in [0.15, 0.2) is 77.7 Å². The number of rotatable bonds is 5. The van der Waals surface area contributed by atoms with Gasteiger partial charge in [0.05, 0.1) is 6.61 Å². The van der Waals surface area contributed by atoms with E-state index in [2.05, 4.69) is 54.3 Å². The van der Waals surface area contributed by atoms with Crippen LogP contribution in [-0.2, 0) is 10.0 Å². The summed E-state index contributed by atoms with van der Waals surface area (Å²) >= 11 is 0. The van der Waals surface area contributed by atoms with Gasteiger partial charge in [-0.2, -0.15) is 4.31 Å². The molecule has 7 heteroatoms. The van der Waals surface area contributed by atoms with Crippen molar-refractivity contribution in [3.63, 3.8) is 0 Å². The van der Waals surface area contributed by atoms with E-state index in [9.17, 15) is 17.9 Å². The van der Waals surface area contributed by atoms with Gasteiger partial charge in [-0.25, -0.2) is 12.8 Å². The Morgan fingerprint density at radius 2 is 1.69 bits per heavy atom. The second-order valence-electron chi connectivity index (χ2n) is 9.57. The van der Waals surface area contributed by atoms with Crippen LogP contribution in [0, 0.1) is 12.7 Å². The number of aliphatic hydroxyl groups excluding tert-OH is 1. The minimum Gasteiger partial charge on any atom is -0.395 e. The molecule has 2 aliphatic heterocycles. The normalized spacial score (nSPS) is 23.7. The Bertz CT molecular complexity index is 1300. The Hall–Kier alpha value is -2.58. The van der Waals surface area contributed by atoms with Crippen LogP contribution < -0.4 is 0 Å². The van der Waals surface area contributed by atoms with Crippen molar-refractivity contribution in [3.05, 3.63) is 89.7 Å². The maximum atomic E-state index is 14.4. The highest BCUT2D eigenvalue weighted by atomic mass is 32.2. The monoisotopic (exact) mass is 494 g/mol. The number of aryl methyl sites for hydroxylation is 1. The summed E-state index contributed by atoms with van der Waals surface area (Å²) in [6.45, 7) is 3.55. The van der Waals surface area contributed by atoms with Gasteiger partial charge in [-0.05, 0) is 55.1 Å². The lowest BCUT2D eigenvalue weighted by molar-refractivity contribution is -0.0554. The largest absolute Gasteiger partial charge is 0.395 e. The van der Waals surface area contributed by atoms with Crippen LogP contribution >= 0.6 is 0 Å². The number of aliphatic hydroxyl groups is 1. The smallest absolute Gasteiger partial charge is 0.246 e. The number of sulfonamides is 1. The molecule has 2 aliphatic rings. The molecular weight excluding hydrogens is 463 g/mol. The molecule has 0 unspecified atom stereocenters. The van der Waals surface area contributed by atoms with Crippen molar-refractivity contribution in [1.29, 1.82) is 0 Å². The third-order valence-electron chi connectivity index (χ3n) is 7.43. The van der Waals surface area contributed by atoms with Crippen LogP contribution in [0.2, 0.25) is 0 Å². The molecule has 184 valence electrons. The summed E-state index contributed by atoms with van der Waals surface area (Å²) in [6.07, 6.45) is 1.53. The first-order valence-electron chi connectivity index (χ1n) is 12.2. The van der Waals surface area contributed by atoms with E-state index in [-0.39, 0.29) is 36.0 Å². The summed E-state index contributed by atoms with van der Waals surface area (Å²) in [7, 11) is -3.96. The Kier molecular flexibility index (Phi) is 6.77. The average molecular weight is 495 g/mol. The van der Waals surface area contributed by atoms with Gasteiger partial charge in [0, 0.05) is 31.1 Å². The highest BCUT2D eigenvalue weighted by Gasteiger charge is 2.50. The SMILES string of the molecule is Cc1cccc(-c2ccc([C@H]3[C@H]4CN(S(=O)(=O)c5ccccc5F)CCCCN4[C@H]3CO)cc2)c1. The van der Waals surface area contributed by atoms with Gasteiger partial charge in [0.2, 0.25) is 10.0 Å². The van der Waals surface area contributed by atoms with Gasteiger partial charge >= 0.3 is 0 Å². The van der Waals surface area contributed by atoms with E-state index >= 15 is 0 Å². The van der Waals surface area contributed by atoms with Crippen LogP contribution in [0.5, 0.6) is 0 Å². The van der Waals surface area contributed by atoms with Gasteiger partial charge in [0.25, 0.3) is 0 Å². The molecule has 0 saturated carbocycles. The zero-order valence-electron chi connectivity index (χ0n) is 19.8. The standard InChI is InChI=1S/C28H31FN2O3S/c1-20-7-6-8-23(17-20)21-11-13-22(14-12-21)28-25-18-30(15-4-5-16-31(25)26(28)19-32)35(33,34)27-10-3-2-9-24(27)29/h2-3,6-14,17,25-26,28,32H,4-5,15-16,18-19H2,1H3/t25-,26+,28+/m1/s1. The third-order valence-corrected chi connectivity index (χ3v) is 9.33. The van der Waals surface area contributed by atoms with E-state index in [4.69, 9.17) is 0 Å². The molecule has 0 bridgehead atoms. The summed E-state index contributed by atoms with van der Waals surface area (Å²) in [5, 5.41) is 10.2. The Labute approximate surface area is 206 Å². The molecule has 0 radical (unpaired) electrons. The van der Waals surface area contributed by atoms with Crippen molar-refractivity contribution in [3.8, 4) is 11.1 Å². The van der Waals surface area contributed by atoms with Gasteiger partial charge in [-0.1, -0.05) is 66.2 Å².